The summed E-state index contributed by atoms with van der Waals surface area (Å²) in [5.74, 6) is -0.137. The third kappa shape index (κ3) is 4.15. The zero-order valence-corrected chi connectivity index (χ0v) is 16.3. The summed E-state index contributed by atoms with van der Waals surface area (Å²) in [5.41, 5.74) is 0.719. The maximum absolute atomic E-state index is 12.5. The van der Waals surface area contributed by atoms with Gasteiger partial charge in [-0.3, -0.25) is 0 Å². The van der Waals surface area contributed by atoms with E-state index in [1.54, 1.807) is 12.1 Å². The highest BCUT2D eigenvalue weighted by Gasteiger charge is 2.46. The predicted octanol–water partition coefficient (Wildman–Crippen LogP) is 2.93. The van der Waals surface area contributed by atoms with Crippen LogP contribution < -0.4 is 10.6 Å². The van der Waals surface area contributed by atoms with Gasteiger partial charge >= 0.3 is 12.0 Å². The molecule has 3 atom stereocenters. The maximum atomic E-state index is 12.5. The molecule has 7 heteroatoms. The number of likely N-dealkylation sites (tertiary alicyclic amines) is 1. The number of ether oxygens (including phenoxy) is 1. The minimum atomic E-state index is -0.976. The van der Waals surface area contributed by atoms with E-state index in [4.69, 9.17) is 9.84 Å². The van der Waals surface area contributed by atoms with Crippen LogP contribution in [0.1, 0.15) is 49.4 Å². The van der Waals surface area contributed by atoms with Crippen LogP contribution in [0, 0.1) is 5.92 Å². The Morgan fingerprint density at radius 3 is 2.57 bits per heavy atom. The van der Waals surface area contributed by atoms with Gasteiger partial charge in [-0.2, -0.15) is 0 Å². The van der Waals surface area contributed by atoms with Gasteiger partial charge in [0.1, 0.15) is 0 Å². The summed E-state index contributed by atoms with van der Waals surface area (Å²) >= 11 is 0. The van der Waals surface area contributed by atoms with Gasteiger partial charge < -0.3 is 25.4 Å². The van der Waals surface area contributed by atoms with Gasteiger partial charge in [-0.25, -0.2) is 9.59 Å². The molecule has 2 aliphatic heterocycles. The second kappa shape index (κ2) is 7.72. The van der Waals surface area contributed by atoms with Crippen molar-refractivity contribution < 1.29 is 19.4 Å². The van der Waals surface area contributed by atoms with Crippen LogP contribution in [0.5, 0.6) is 0 Å². The van der Waals surface area contributed by atoms with E-state index >= 15 is 0 Å². The first-order valence-electron chi connectivity index (χ1n) is 10.3. The van der Waals surface area contributed by atoms with E-state index in [1.165, 1.54) is 25.0 Å². The van der Waals surface area contributed by atoms with Crippen LogP contribution in [0.2, 0.25) is 0 Å². The molecule has 152 valence electrons. The fourth-order valence-corrected chi connectivity index (χ4v) is 4.52. The Hall–Kier alpha value is -2.12. The summed E-state index contributed by atoms with van der Waals surface area (Å²) < 4.78 is 6.20. The molecule has 7 nitrogen and oxygen atoms in total. The number of carboxylic acids is 1. The Bertz CT molecular complexity index is 728. The first kappa shape index (κ1) is 19.2. The van der Waals surface area contributed by atoms with Crippen molar-refractivity contribution in [3.05, 3.63) is 29.8 Å². The average molecular weight is 387 g/mol. The fraction of sp³-hybridized carbons (Fsp3) is 0.619. The fourth-order valence-electron chi connectivity index (χ4n) is 4.52. The van der Waals surface area contributed by atoms with Gasteiger partial charge in [0.25, 0.3) is 0 Å². The van der Waals surface area contributed by atoms with Crippen molar-refractivity contribution in [2.24, 2.45) is 5.92 Å². The van der Waals surface area contributed by atoms with E-state index in [2.05, 4.69) is 17.6 Å². The number of nitrogens with zero attached hydrogens (tertiary/aromatic N) is 1. The van der Waals surface area contributed by atoms with Crippen LogP contribution in [0.15, 0.2) is 24.3 Å². The Morgan fingerprint density at radius 1 is 1.25 bits per heavy atom. The topological polar surface area (TPSA) is 90.9 Å². The molecule has 1 aliphatic carbocycles. The van der Waals surface area contributed by atoms with Gasteiger partial charge in [-0.1, -0.05) is 13.3 Å². The lowest BCUT2D eigenvalue weighted by Gasteiger charge is -2.38. The number of hydrogen-bond donors (Lipinski definition) is 3. The van der Waals surface area contributed by atoms with Gasteiger partial charge in [0.05, 0.1) is 17.8 Å². The van der Waals surface area contributed by atoms with Crippen LogP contribution in [0.25, 0.3) is 0 Å². The first-order valence-corrected chi connectivity index (χ1v) is 10.3. The van der Waals surface area contributed by atoms with Crippen molar-refractivity contribution in [2.75, 3.05) is 25.0 Å². The third-order valence-electron chi connectivity index (χ3n) is 6.45. The van der Waals surface area contributed by atoms with Crippen molar-refractivity contribution in [1.82, 2.24) is 10.2 Å². The number of nitrogens with one attached hydrogen (secondary N) is 2. The first-order chi connectivity index (χ1) is 13.5. The molecule has 1 aromatic rings. The number of amides is 2. The van der Waals surface area contributed by atoms with Gasteiger partial charge in [0.2, 0.25) is 0 Å². The van der Waals surface area contributed by atoms with Crippen molar-refractivity contribution in [2.45, 2.75) is 56.7 Å². The summed E-state index contributed by atoms with van der Waals surface area (Å²) in [7, 11) is 0. The Balaban J connectivity index is 1.24. The summed E-state index contributed by atoms with van der Waals surface area (Å²) in [6.07, 6.45) is 5.30. The molecule has 0 bridgehead atoms. The van der Waals surface area contributed by atoms with E-state index < -0.39 is 5.97 Å². The molecule has 1 spiro atoms. The van der Waals surface area contributed by atoms with Crippen molar-refractivity contribution in [3.8, 4) is 0 Å². The highest BCUT2D eigenvalue weighted by Crippen LogP contribution is 2.39. The minimum absolute atomic E-state index is 0.0891. The molecule has 2 heterocycles. The van der Waals surface area contributed by atoms with Crippen LogP contribution in [-0.2, 0) is 4.74 Å². The number of carboxylic acid groups (broad SMARTS) is 1. The van der Waals surface area contributed by atoms with Crippen LogP contribution in [-0.4, -0.2) is 59.4 Å². The summed E-state index contributed by atoms with van der Waals surface area (Å²) in [4.78, 5) is 25.2. The predicted molar refractivity (Wildman–Crippen MR) is 106 cm³/mol. The molecule has 2 amide bonds. The van der Waals surface area contributed by atoms with Crippen LogP contribution >= 0.6 is 0 Å². The number of piperidine rings is 1. The number of anilines is 1. The molecule has 1 saturated carbocycles. The van der Waals surface area contributed by atoms with Crippen LogP contribution in [0.3, 0.4) is 0 Å². The molecule has 3 N–H and O–H groups in total. The molecule has 1 unspecified atom stereocenters. The molecule has 0 radical (unpaired) electrons. The minimum Gasteiger partial charge on any atom is -0.478 e. The van der Waals surface area contributed by atoms with E-state index in [0.717, 1.165) is 31.8 Å². The molecular formula is C21H29N3O4. The standard InChI is InChI=1S/C21H29N3O4/c1-2-14-11-18(14)22-17-12-21(28-13-17)7-9-24(10-8-21)20(27)23-16-5-3-15(4-6-16)19(25)26/h3-6,14,17-18,22H,2,7-13H2,1H3,(H,23,27)(H,25,26)/t14-,17?,18-/m1/s1. The molecule has 4 rings (SSSR count). The zero-order valence-electron chi connectivity index (χ0n) is 16.3. The number of hydrogen-bond acceptors (Lipinski definition) is 4. The third-order valence-corrected chi connectivity index (χ3v) is 6.45. The van der Waals surface area contributed by atoms with Crippen molar-refractivity contribution in [3.63, 3.8) is 0 Å². The SMILES string of the molecule is CC[C@@H]1C[C@H]1NC1COC2(CCN(C(=O)Nc3ccc(C(=O)O)cc3)CC2)C1. The molecule has 3 fully saturated rings. The largest absolute Gasteiger partial charge is 0.478 e. The second-order valence-electron chi connectivity index (χ2n) is 8.37. The van der Waals surface area contributed by atoms with Crippen LogP contribution in [0.4, 0.5) is 10.5 Å². The van der Waals surface area contributed by atoms with E-state index in [0.29, 0.717) is 30.9 Å². The second-order valence-corrected chi connectivity index (χ2v) is 8.37. The molecule has 3 aliphatic rings. The number of rotatable bonds is 5. The highest BCUT2D eigenvalue weighted by molar-refractivity contribution is 5.91. The lowest BCUT2D eigenvalue weighted by Crippen LogP contribution is -2.48. The van der Waals surface area contributed by atoms with Gasteiger partial charge in [0, 0.05) is 30.9 Å². The lowest BCUT2D eigenvalue weighted by atomic mass is 9.87. The Labute approximate surface area is 165 Å². The monoisotopic (exact) mass is 387 g/mol. The van der Waals surface area contributed by atoms with Gasteiger partial charge in [-0.15, -0.1) is 0 Å². The molecule has 0 aromatic heterocycles. The number of carbonyl (C=O) groups is 2. The quantitative estimate of drug-likeness (QED) is 0.723. The number of benzene rings is 1. The number of aromatic carboxylic acids is 1. The smallest absolute Gasteiger partial charge is 0.335 e. The van der Waals surface area contributed by atoms with Gasteiger partial charge in [-0.05, 0) is 55.9 Å². The van der Waals surface area contributed by atoms with E-state index in [9.17, 15) is 9.59 Å². The molecule has 1 aromatic carbocycles. The average Bonchev–Trinajstić information content (AvgIpc) is 3.34. The Morgan fingerprint density at radius 2 is 1.96 bits per heavy atom. The van der Waals surface area contributed by atoms with Gasteiger partial charge in [0.15, 0.2) is 0 Å². The van der Waals surface area contributed by atoms with E-state index in [1.807, 2.05) is 4.90 Å². The van der Waals surface area contributed by atoms with Crippen molar-refractivity contribution in [1.29, 1.82) is 0 Å². The summed E-state index contributed by atoms with van der Waals surface area (Å²) in [6, 6.07) is 7.18. The summed E-state index contributed by atoms with van der Waals surface area (Å²) in [6.45, 7) is 4.37. The highest BCUT2D eigenvalue weighted by atomic mass is 16.5. The van der Waals surface area contributed by atoms with Crippen molar-refractivity contribution >= 4 is 17.7 Å². The number of urea groups is 1. The zero-order chi connectivity index (χ0) is 19.7. The maximum Gasteiger partial charge on any atom is 0.335 e. The molecule has 2 saturated heterocycles. The molecule has 28 heavy (non-hydrogen) atoms. The lowest BCUT2D eigenvalue weighted by molar-refractivity contribution is -0.0355. The Kier molecular flexibility index (Phi) is 5.29. The number of carbonyl (C=O) groups excluding carboxylic acids is 1. The van der Waals surface area contributed by atoms with E-state index in [-0.39, 0.29) is 17.2 Å². The molecular weight excluding hydrogens is 358 g/mol. The normalized spacial score (nSPS) is 28.3. The summed E-state index contributed by atoms with van der Waals surface area (Å²) in [5, 5.41) is 15.5.